The Hall–Kier alpha value is -3.39. The van der Waals surface area contributed by atoms with Gasteiger partial charge >= 0.3 is 0 Å². The number of nitrogens with one attached hydrogen (secondary N) is 4. The quantitative estimate of drug-likeness (QED) is 0.355. The second-order valence-corrected chi connectivity index (χ2v) is 8.04. The number of fused-ring (bicyclic) bond motifs is 2. The van der Waals surface area contributed by atoms with Crippen molar-refractivity contribution in [2.45, 2.75) is 44.7 Å². The number of benzene rings is 1. The Bertz CT molecular complexity index is 1280. The van der Waals surface area contributed by atoms with Gasteiger partial charge in [-0.15, -0.1) is 0 Å². The van der Waals surface area contributed by atoms with E-state index in [1.54, 1.807) is 6.20 Å². The van der Waals surface area contributed by atoms with Crippen LogP contribution >= 0.6 is 0 Å². The molecule has 3 aromatic heterocycles. The first-order valence-corrected chi connectivity index (χ1v) is 10.3. The van der Waals surface area contributed by atoms with Gasteiger partial charge in [0, 0.05) is 34.7 Å². The molecule has 1 fully saturated rings. The average Bonchev–Trinajstić information content (AvgIpc) is 3.23. The summed E-state index contributed by atoms with van der Waals surface area (Å²) in [5, 5.41) is 15.6. The summed E-state index contributed by atoms with van der Waals surface area (Å²) in [5.41, 5.74) is 9.13. The summed E-state index contributed by atoms with van der Waals surface area (Å²) in [5.74, 6) is 1.19. The maximum atomic E-state index is 12.6. The fourth-order valence-electron chi connectivity index (χ4n) is 4.35. The lowest BCUT2D eigenvalue weighted by Gasteiger charge is -2.30. The molecule has 0 aliphatic heterocycles. The number of nitrogens with zero attached hydrogens (tertiary/aromatic N) is 2. The summed E-state index contributed by atoms with van der Waals surface area (Å²) < 4.78 is 0. The fraction of sp³-hybridized carbons (Fsp3) is 0.318. The Morgan fingerprint density at radius 2 is 2.07 bits per heavy atom. The first kappa shape index (κ1) is 18.6. The van der Waals surface area contributed by atoms with Gasteiger partial charge in [-0.1, -0.05) is 18.9 Å². The number of anilines is 3. The molecular formula is C22H25N7O. The Kier molecular flexibility index (Phi) is 4.63. The van der Waals surface area contributed by atoms with Crippen LogP contribution in [-0.2, 0) is 0 Å². The molecule has 5 rings (SSSR count). The Morgan fingerprint density at radius 1 is 1.20 bits per heavy atom. The van der Waals surface area contributed by atoms with Crippen LogP contribution in [0.25, 0.3) is 21.7 Å². The van der Waals surface area contributed by atoms with Crippen LogP contribution in [0.15, 0.2) is 41.5 Å². The fourth-order valence-corrected chi connectivity index (χ4v) is 4.35. The van der Waals surface area contributed by atoms with E-state index in [1.165, 1.54) is 0 Å². The van der Waals surface area contributed by atoms with E-state index in [0.717, 1.165) is 53.2 Å². The first-order chi connectivity index (χ1) is 14.6. The van der Waals surface area contributed by atoms with Gasteiger partial charge in [0.05, 0.1) is 17.1 Å². The lowest BCUT2D eigenvalue weighted by Crippen LogP contribution is -2.42. The van der Waals surface area contributed by atoms with E-state index in [9.17, 15) is 4.79 Å². The van der Waals surface area contributed by atoms with Gasteiger partial charge in [-0.25, -0.2) is 10.1 Å². The minimum Gasteiger partial charge on any atom is -0.366 e. The van der Waals surface area contributed by atoms with Crippen LogP contribution in [0.1, 0.15) is 31.2 Å². The van der Waals surface area contributed by atoms with Crippen LogP contribution in [0.2, 0.25) is 0 Å². The summed E-state index contributed by atoms with van der Waals surface area (Å²) >= 11 is 0. The van der Waals surface area contributed by atoms with Gasteiger partial charge in [0.15, 0.2) is 0 Å². The van der Waals surface area contributed by atoms with Gasteiger partial charge in [-0.3, -0.25) is 4.79 Å². The molecule has 8 heteroatoms. The van der Waals surface area contributed by atoms with E-state index < -0.39 is 0 Å². The third kappa shape index (κ3) is 3.29. The monoisotopic (exact) mass is 403 g/mol. The molecule has 1 saturated carbocycles. The maximum absolute atomic E-state index is 12.6. The van der Waals surface area contributed by atoms with E-state index >= 15 is 0 Å². The third-order valence-electron chi connectivity index (χ3n) is 5.98. The number of pyridine rings is 1. The first-order valence-electron chi connectivity index (χ1n) is 10.3. The summed E-state index contributed by atoms with van der Waals surface area (Å²) in [6, 6.07) is 8.19. The van der Waals surface area contributed by atoms with Crippen molar-refractivity contribution < 1.29 is 0 Å². The molecular weight excluding hydrogens is 378 g/mol. The molecule has 1 aliphatic rings. The number of nitrogens with two attached hydrogens (primary N) is 1. The number of aromatic amines is 2. The van der Waals surface area contributed by atoms with E-state index in [0.29, 0.717) is 17.0 Å². The predicted octanol–water partition coefficient (Wildman–Crippen LogP) is 3.53. The number of H-pyrrole nitrogens is 2. The van der Waals surface area contributed by atoms with E-state index in [-0.39, 0.29) is 17.6 Å². The van der Waals surface area contributed by atoms with E-state index in [1.807, 2.05) is 30.5 Å². The molecule has 8 nitrogen and oxygen atoms in total. The number of hydrogen-bond acceptors (Lipinski definition) is 6. The Morgan fingerprint density at radius 3 is 2.93 bits per heavy atom. The maximum Gasteiger partial charge on any atom is 0.275 e. The van der Waals surface area contributed by atoms with Crippen LogP contribution in [0.3, 0.4) is 0 Å². The van der Waals surface area contributed by atoms with Gasteiger partial charge in [0.2, 0.25) is 0 Å². The molecule has 0 bridgehead atoms. The minimum absolute atomic E-state index is 0.0986. The van der Waals surface area contributed by atoms with Crippen LogP contribution in [0, 0.1) is 6.92 Å². The molecule has 1 aromatic carbocycles. The lowest BCUT2D eigenvalue weighted by atomic mass is 9.91. The Balaban J connectivity index is 1.59. The highest BCUT2D eigenvalue weighted by atomic mass is 16.1. The molecule has 6 N–H and O–H groups in total. The number of aromatic nitrogens is 4. The molecule has 0 saturated heterocycles. The largest absolute Gasteiger partial charge is 0.366 e. The zero-order chi connectivity index (χ0) is 20.7. The van der Waals surface area contributed by atoms with Gasteiger partial charge < -0.3 is 21.4 Å². The average molecular weight is 403 g/mol. The van der Waals surface area contributed by atoms with Crippen molar-refractivity contribution in [2.75, 3.05) is 10.6 Å². The molecule has 0 amide bonds. The zero-order valence-electron chi connectivity index (χ0n) is 16.8. The van der Waals surface area contributed by atoms with Crippen molar-refractivity contribution in [1.29, 1.82) is 0 Å². The summed E-state index contributed by atoms with van der Waals surface area (Å²) in [4.78, 5) is 20.6. The van der Waals surface area contributed by atoms with Crippen LogP contribution in [-0.4, -0.2) is 32.2 Å². The molecule has 3 heterocycles. The summed E-state index contributed by atoms with van der Waals surface area (Å²) in [6.45, 7) is 2.06. The third-order valence-corrected chi connectivity index (χ3v) is 5.98. The molecule has 4 aromatic rings. The highest BCUT2D eigenvalue weighted by Crippen LogP contribution is 2.31. The standard InChI is InChI=1S/C22H25N7O/c1-12-6-7-16(14-8-9-24-20(12)14)27-21-19-13(11-25-29-22(19)30)10-18(28-21)26-17-5-3-2-4-15(17)23/h6-11,15,17,24H,2-5,23H2,1H3,(H,29,30)(H2,26,27,28)/t15-,17?/m0/s1. The molecule has 1 aliphatic carbocycles. The van der Waals surface area contributed by atoms with Gasteiger partial charge in [-0.05, 0) is 43.5 Å². The van der Waals surface area contributed by atoms with Crippen molar-refractivity contribution in [2.24, 2.45) is 5.73 Å². The molecule has 1 unspecified atom stereocenters. The number of aryl methyl sites for hydroxylation is 1. The summed E-state index contributed by atoms with van der Waals surface area (Å²) in [7, 11) is 0. The van der Waals surface area contributed by atoms with E-state index in [2.05, 4.69) is 32.7 Å². The van der Waals surface area contributed by atoms with E-state index in [4.69, 9.17) is 10.7 Å². The number of rotatable bonds is 4. The van der Waals surface area contributed by atoms with Crippen molar-refractivity contribution in [3.63, 3.8) is 0 Å². The molecule has 154 valence electrons. The molecule has 0 radical (unpaired) electrons. The van der Waals surface area contributed by atoms with Crippen molar-refractivity contribution in [3.8, 4) is 0 Å². The highest BCUT2D eigenvalue weighted by Gasteiger charge is 2.22. The topological polar surface area (TPSA) is 125 Å². The smallest absolute Gasteiger partial charge is 0.275 e. The second-order valence-electron chi connectivity index (χ2n) is 8.04. The molecule has 2 atom stereocenters. The van der Waals surface area contributed by atoms with Crippen LogP contribution < -0.4 is 21.9 Å². The molecule has 30 heavy (non-hydrogen) atoms. The second kappa shape index (κ2) is 7.46. The van der Waals surface area contributed by atoms with Gasteiger partial charge in [0.25, 0.3) is 5.56 Å². The predicted molar refractivity (Wildman–Crippen MR) is 120 cm³/mol. The van der Waals surface area contributed by atoms with Gasteiger partial charge in [-0.2, -0.15) is 5.10 Å². The number of hydrogen-bond donors (Lipinski definition) is 5. The zero-order valence-corrected chi connectivity index (χ0v) is 16.8. The van der Waals surface area contributed by atoms with Gasteiger partial charge in [0.1, 0.15) is 11.6 Å². The SMILES string of the molecule is Cc1ccc(Nc2nc(NC3CCCC[C@@H]3N)cc3cn[nH]c(=O)c23)c2cc[nH]c12. The lowest BCUT2D eigenvalue weighted by molar-refractivity contribution is 0.403. The minimum atomic E-state index is -0.277. The Labute approximate surface area is 173 Å². The normalized spacial score (nSPS) is 19.3. The summed E-state index contributed by atoms with van der Waals surface area (Å²) in [6.07, 6.45) is 7.90. The highest BCUT2D eigenvalue weighted by molar-refractivity contribution is 5.99. The molecule has 0 spiro atoms. The van der Waals surface area contributed by atoms with Crippen molar-refractivity contribution in [3.05, 3.63) is 52.6 Å². The van der Waals surface area contributed by atoms with Crippen LogP contribution in [0.5, 0.6) is 0 Å². The van der Waals surface area contributed by atoms with Crippen molar-refractivity contribution in [1.82, 2.24) is 20.2 Å². The van der Waals surface area contributed by atoms with Crippen LogP contribution in [0.4, 0.5) is 17.3 Å². The van der Waals surface area contributed by atoms with Crippen molar-refractivity contribution >= 4 is 39.0 Å².